The number of rotatable bonds is 5. The molecule has 9 heteroatoms. The molecule has 7 nitrogen and oxygen atoms in total. The Morgan fingerprint density at radius 1 is 1.23 bits per heavy atom. The lowest BCUT2D eigenvalue weighted by molar-refractivity contribution is -0.0660. The summed E-state index contributed by atoms with van der Waals surface area (Å²) in [5.74, 6) is 0. The van der Waals surface area contributed by atoms with Crippen molar-refractivity contribution in [3.05, 3.63) is 69.0 Å². The third kappa shape index (κ3) is 5.58. The first-order chi connectivity index (χ1) is 12.5. The van der Waals surface area contributed by atoms with Crippen LogP contribution in [0, 0.1) is 0 Å². The maximum absolute atomic E-state index is 11.8. The molecule has 0 aliphatic carbocycles. The maximum Gasteiger partial charge on any atom is 0.330 e. The molecule has 1 aromatic carbocycles. The van der Waals surface area contributed by atoms with Gasteiger partial charge in [0.05, 0.1) is 19.3 Å². The lowest BCUT2D eigenvalue weighted by atomic mass is 10.2. The second kappa shape index (κ2) is 9.95. The molecule has 1 fully saturated rings. The molecule has 3 unspecified atom stereocenters. The topological polar surface area (TPSA) is 93.5 Å². The summed E-state index contributed by atoms with van der Waals surface area (Å²) in [6.07, 6.45) is -0.265. The van der Waals surface area contributed by atoms with Gasteiger partial charge in [-0.05, 0) is 5.56 Å². The van der Waals surface area contributed by atoms with Gasteiger partial charge in [0.25, 0.3) is 5.56 Å². The summed E-state index contributed by atoms with van der Waals surface area (Å²) in [7, 11) is 0. The number of hydrogen-bond donors (Lipinski definition) is 2. The van der Waals surface area contributed by atoms with Crippen LogP contribution in [0.2, 0.25) is 0 Å². The standard InChI is InChI=1S/C16H18N2O5.CH2F2/c19-13-8-12(10-22-9-11-4-2-1-3-5-11)23-15(13)18-7-6-14(20)17-16(18)21;2-1-3/h1-7,12-13,15,19H,8-10H2,(H,17,20,21);1H2. The Morgan fingerprint density at radius 2 is 1.92 bits per heavy atom. The number of halogens is 2. The molecular weight excluding hydrogens is 350 g/mol. The van der Waals surface area contributed by atoms with Gasteiger partial charge in [-0.1, -0.05) is 30.3 Å². The van der Waals surface area contributed by atoms with Gasteiger partial charge in [-0.15, -0.1) is 0 Å². The van der Waals surface area contributed by atoms with Crippen molar-refractivity contribution in [3.63, 3.8) is 0 Å². The number of aromatic amines is 1. The number of aliphatic hydroxyl groups is 1. The molecule has 1 aliphatic heterocycles. The van der Waals surface area contributed by atoms with Crippen molar-refractivity contribution in [2.45, 2.75) is 31.5 Å². The van der Waals surface area contributed by atoms with Crippen molar-refractivity contribution in [1.82, 2.24) is 9.55 Å². The van der Waals surface area contributed by atoms with Crippen molar-refractivity contribution in [2.75, 3.05) is 13.5 Å². The van der Waals surface area contributed by atoms with E-state index in [0.29, 0.717) is 19.6 Å². The minimum atomic E-state index is -1.75. The van der Waals surface area contributed by atoms with Crippen molar-refractivity contribution in [3.8, 4) is 0 Å². The van der Waals surface area contributed by atoms with E-state index in [1.807, 2.05) is 30.3 Å². The molecule has 2 aromatic rings. The molecule has 1 saturated heterocycles. The van der Waals surface area contributed by atoms with Gasteiger partial charge >= 0.3 is 5.69 Å². The lowest BCUT2D eigenvalue weighted by Gasteiger charge is -2.17. The van der Waals surface area contributed by atoms with E-state index in [0.717, 1.165) is 5.56 Å². The summed E-state index contributed by atoms with van der Waals surface area (Å²) in [6.45, 7) is -0.972. The highest BCUT2D eigenvalue weighted by Gasteiger charge is 2.35. The normalized spacial score (nSPS) is 21.9. The van der Waals surface area contributed by atoms with E-state index in [1.54, 1.807) is 0 Å². The maximum atomic E-state index is 11.8. The number of nitrogens with one attached hydrogen (secondary N) is 1. The van der Waals surface area contributed by atoms with Crippen molar-refractivity contribution >= 4 is 0 Å². The van der Waals surface area contributed by atoms with Gasteiger partial charge in [-0.25, -0.2) is 13.6 Å². The summed E-state index contributed by atoms with van der Waals surface area (Å²) in [5, 5.41) is 10.1. The van der Waals surface area contributed by atoms with E-state index < -0.39 is 30.5 Å². The molecule has 26 heavy (non-hydrogen) atoms. The highest BCUT2D eigenvalue weighted by Crippen LogP contribution is 2.27. The zero-order valence-electron chi connectivity index (χ0n) is 13.9. The quantitative estimate of drug-likeness (QED) is 0.827. The van der Waals surface area contributed by atoms with E-state index in [9.17, 15) is 23.5 Å². The molecule has 3 rings (SSSR count). The molecule has 3 atom stereocenters. The van der Waals surface area contributed by atoms with Gasteiger partial charge in [0.2, 0.25) is 6.93 Å². The average Bonchev–Trinajstić information content (AvgIpc) is 2.97. The van der Waals surface area contributed by atoms with Crippen LogP contribution >= 0.6 is 0 Å². The SMILES string of the molecule is FCF.O=c1ccn(C2OC(COCc3ccccc3)CC2O)c(=O)[nH]1. The monoisotopic (exact) mass is 370 g/mol. The summed E-state index contributed by atoms with van der Waals surface area (Å²) < 4.78 is 31.7. The van der Waals surface area contributed by atoms with Crippen molar-refractivity contribution in [1.29, 1.82) is 0 Å². The van der Waals surface area contributed by atoms with Gasteiger partial charge in [-0.2, -0.15) is 0 Å². The molecule has 0 bridgehead atoms. The number of ether oxygens (including phenoxy) is 2. The van der Waals surface area contributed by atoms with E-state index in [2.05, 4.69) is 4.98 Å². The molecule has 0 radical (unpaired) electrons. The van der Waals surface area contributed by atoms with E-state index >= 15 is 0 Å². The molecule has 0 spiro atoms. The largest absolute Gasteiger partial charge is 0.388 e. The minimum Gasteiger partial charge on any atom is -0.388 e. The van der Waals surface area contributed by atoms with Crippen LogP contribution in [0.25, 0.3) is 0 Å². The Kier molecular flexibility index (Phi) is 7.64. The summed E-state index contributed by atoms with van der Waals surface area (Å²) >= 11 is 0. The fourth-order valence-electron chi connectivity index (χ4n) is 2.60. The van der Waals surface area contributed by atoms with Gasteiger partial charge in [-0.3, -0.25) is 14.3 Å². The summed E-state index contributed by atoms with van der Waals surface area (Å²) in [5.41, 5.74) is -0.0339. The van der Waals surface area contributed by atoms with Gasteiger partial charge < -0.3 is 14.6 Å². The van der Waals surface area contributed by atoms with Crippen LogP contribution in [0.1, 0.15) is 18.2 Å². The first-order valence-electron chi connectivity index (χ1n) is 7.93. The van der Waals surface area contributed by atoms with Crippen LogP contribution in [0.15, 0.2) is 52.2 Å². The highest BCUT2D eigenvalue weighted by molar-refractivity contribution is 5.13. The number of aliphatic hydroxyl groups excluding tert-OH is 1. The Bertz CT molecular complexity index is 780. The van der Waals surface area contributed by atoms with Crippen LogP contribution < -0.4 is 11.2 Å². The highest BCUT2D eigenvalue weighted by atomic mass is 19.3. The van der Waals surface area contributed by atoms with Crippen LogP contribution in [-0.4, -0.2) is 40.4 Å². The van der Waals surface area contributed by atoms with Gasteiger partial charge in [0.1, 0.15) is 6.10 Å². The number of benzene rings is 1. The van der Waals surface area contributed by atoms with Gasteiger partial charge in [0.15, 0.2) is 6.23 Å². The fourth-order valence-corrected chi connectivity index (χ4v) is 2.60. The minimum absolute atomic E-state index is 0.308. The van der Waals surface area contributed by atoms with Crippen LogP contribution in [0.3, 0.4) is 0 Å². The average molecular weight is 370 g/mol. The first-order valence-corrected chi connectivity index (χ1v) is 7.93. The second-order valence-corrected chi connectivity index (χ2v) is 5.57. The number of nitrogens with zero attached hydrogens (tertiary/aromatic N) is 1. The zero-order valence-corrected chi connectivity index (χ0v) is 13.9. The number of aromatic nitrogens is 2. The van der Waals surface area contributed by atoms with Crippen LogP contribution in [0.4, 0.5) is 8.78 Å². The predicted molar refractivity (Wildman–Crippen MR) is 89.0 cm³/mol. The van der Waals surface area contributed by atoms with E-state index in [4.69, 9.17) is 9.47 Å². The third-order valence-electron chi connectivity index (χ3n) is 3.71. The van der Waals surface area contributed by atoms with E-state index in [-0.39, 0.29) is 6.10 Å². The van der Waals surface area contributed by atoms with E-state index in [1.165, 1.54) is 16.8 Å². The molecule has 2 heterocycles. The molecule has 1 aromatic heterocycles. The Labute approximate surface area is 147 Å². The summed E-state index contributed by atoms with van der Waals surface area (Å²) in [6, 6.07) is 11.0. The van der Waals surface area contributed by atoms with Gasteiger partial charge in [0, 0.05) is 18.7 Å². The second-order valence-electron chi connectivity index (χ2n) is 5.57. The Balaban J connectivity index is 0.000000758. The Morgan fingerprint density at radius 3 is 2.58 bits per heavy atom. The number of H-pyrrole nitrogens is 1. The summed E-state index contributed by atoms with van der Waals surface area (Å²) in [4.78, 5) is 25.0. The van der Waals surface area contributed by atoms with Crippen molar-refractivity contribution in [2.24, 2.45) is 0 Å². The molecule has 0 amide bonds. The Hall–Kier alpha value is -2.36. The van der Waals surface area contributed by atoms with Crippen molar-refractivity contribution < 1.29 is 23.4 Å². The molecular formula is C17H20F2N2O5. The van der Waals surface area contributed by atoms with Crippen LogP contribution in [-0.2, 0) is 16.1 Å². The molecule has 0 saturated carbocycles. The van der Waals surface area contributed by atoms with Crippen LogP contribution in [0.5, 0.6) is 0 Å². The predicted octanol–water partition coefficient (Wildman–Crippen LogP) is 1.28. The number of hydrogen-bond acceptors (Lipinski definition) is 5. The zero-order chi connectivity index (χ0) is 18.9. The lowest BCUT2D eigenvalue weighted by Crippen LogP contribution is -2.34. The smallest absolute Gasteiger partial charge is 0.330 e. The third-order valence-corrected chi connectivity index (χ3v) is 3.71. The first kappa shape index (κ1) is 20.0. The molecule has 142 valence electrons. The number of alkyl halides is 2. The molecule has 2 N–H and O–H groups in total. The fraction of sp³-hybridized carbons (Fsp3) is 0.412. The molecule has 1 aliphatic rings.